The summed E-state index contributed by atoms with van der Waals surface area (Å²) >= 11 is 6.33. The molecule has 6 rings (SSSR count). The van der Waals surface area contributed by atoms with E-state index in [-0.39, 0.29) is 11.8 Å². The number of hydrogen-bond donors (Lipinski definition) is 3. The second kappa shape index (κ2) is 15.9. The Kier molecular flexibility index (Phi) is 11.2. The Labute approximate surface area is 296 Å². The summed E-state index contributed by atoms with van der Waals surface area (Å²) in [6.07, 6.45) is 4.87. The number of sulfonamides is 1. The Hall–Kier alpha value is -4.69. The van der Waals surface area contributed by atoms with Gasteiger partial charge in [0, 0.05) is 73.7 Å². The lowest BCUT2D eigenvalue weighted by atomic mass is 10.0. The van der Waals surface area contributed by atoms with Gasteiger partial charge < -0.3 is 25.0 Å². The Balaban J connectivity index is 0.941. The van der Waals surface area contributed by atoms with Gasteiger partial charge in [0.15, 0.2) is 0 Å². The van der Waals surface area contributed by atoms with Crippen molar-refractivity contribution in [3.63, 3.8) is 0 Å². The van der Waals surface area contributed by atoms with E-state index >= 15 is 0 Å². The van der Waals surface area contributed by atoms with E-state index in [1.165, 1.54) is 0 Å². The Morgan fingerprint density at radius 3 is 2.24 bits per heavy atom. The molecule has 3 N–H and O–H groups in total. The van der Waals surface area contributed by atoms with Crippen LogP contribution in [0.1, 0.15) is 39.1 Å². The molecule has 50 heavy (non-hydrogen) atoms. The normalized spacial score (nSPS) is 15.7. The van der Waals surface area contributed by atoms with Crippen molar-refractivity contribution in [2.24, 2.45) is 0 Å². The third-order valence-corrected chi connectivity index (χ3v) is 9.38. The van der Waals surface area contributed by atoms with Crippen LogP contribution in [0.15, 0.2) is 85.1 Å². The van der Waals surface area contributed by atoms with Gasteiger partial charge in [-0.05, 0) is 85.1 Å². The molecule has 0 atom stereocenters. The zero-order chi connectivity index (χ0) is 35.1. The van der Waals surface area contributed by atoms with Crippen LogP contribution in [-0.4, -0.2) is 86.7 Å². The number of carbonyl (C=O) groups excluding carboxylic acids is 2. The van der Waals surface area contributed by atoms with Crippen LogP contribution >= 0.6 is 11.6 Å². The number of piperidine rings is 1. The number of nitrogens with one attached hydrogen (secondary N) is 3. The van der Waals surface area contributed by atoms with Crippen molar-refractivity contribution >= 4 is 50.5 Å². The van der Waals surface area contributed by atoms with E-state index in [0.29, 0.717) is 71.5 Å². The molecule has 4 aromatic rings. The number of pyridine rings is 1. The summed E-state index contributed by atoms with van der Waals surface area (Å²) in [4.78, 5) is 34.5. The average molecular weight is 719 g/mol. The standard InChI is InChI=1S/C36H39ClN6O6S/c1-50(46,47)41-29-7-10-31(11-8-29)49-34-13-2-25(23-38-34)24-42-16-14-28(15-17-42)39-27-5-3-26(4-6-27)35(44)40-30-9-12-33(37)32(22-30)36(45)43-18-20-48-21-19-43/h2-13,22-23,28,39,41H,14-21,24H2,1H3,(H,40,44). The SMILES string of the molecule is CS(=O)(=O)Nc1ccc(Oc2ccc(CN3CCC(Nc4ccc(C(=O)Nc5ccc(Cl)c(C(=O)N6CCOCC6)c5)cc4)CC3)cn2)cc1. The molecular formula is C36H39ClN6O6S. The van der Waals surface area contributed by atoms with Crippen molar-refractivity contribution in [3.05, 3.63) is 107 Å². The third-order valence-electron chi connectivity index (χ3n) is 8.44. The molecule has 0 radical (unpaired) electrons. The van der Waals surface area contributed by atoms with E-state index in [9.17, 15) is 18.0 Å². The number of morpholine rings is 1. The maximum Gasteiger partial charge on any atom is 0.255 e. The molecule has 0 spiro atoms. The molecule has 3 aromatic carbocycles. The smallest absolute Gasteiger partial charge is 0.255 e. The number of benzene rings is 3. The number of rotatable bonds is 11. The van der Waals surface area contributed by atoms with E-state index in [2.05, 4.69) is 25.2 Å². The fourth-order valence-corrected chi connectivity index (χ4v) is 6.61. The van der Waals surface area contributed by atoms with Crippen molar-refractivity contribution in [2.45, 2.75) is 25.4 Å². The summed E-state index contributed by atoms with van der Waals surface area (Å²) in [5.74, 6) is 0.562. The predicted octanol–water partition coefficient (Wildman–Crippen LogP) is 5.70. The first kappa shape index (κ1) is 35.1. The second-order valence-corrected chi connectivity index (χ2v) is 14.5. The highest BCUT2D eigenvalue weighted by Crippen LogP contribution is 2.25. The van der Waals surface area contributed by atoms with Crippen LogP contribution in [0.5, 0.6) is 11.6 Å². The molecule has 2 amide bonds. The molecular weight excluding hydrogens is 680 g/mol. The maximum absolute atomic E-state index is 13.0. The molecule has 3 heterocycles. The van der Waals surface area contributed by atoms with Gasteiger partial charge >= 0.3 is 0 Å². The minimum absolute atomic E-state index is 0.179. The first-order valence-electron chi connectivity index (χ1n) is 16.4. The van der Waals surface area contributed by atoms with Gasteiger partial charge in [0.1, 0.15) is 5.75 Å². The predicted molar refractivity (Wildman–Crippen MR) is 194 cm³/mol. The highest BCUT2D eigenvalue weighted by atomic mass is 35.5. The van der Waals surface area contributed by atoms with E-state index < -0.39 is 10.0 Å². The zero-order valence-corrected chi connectivity index (χ0v) is 29.2. The lowest BCUT2D eigenvalue weighted by Crippen LogP contribution is -2.40. The van der Waals surface area contributed by atoms with E-state index in [0.717, 1.165) is 50.0 Å². The highest BCUT2D eigenvalue weighted by molar-refractivity contribution is 7.92. The molecule has 2 fully saturated rings. The number of amides is 2. The van der Waals surface area contributed by atoms with Gasteiger partial charge in [-0.15, -0.1) is 0 Å². The summed E-state index contributed by atoms with van der Waals surface area (Å²) in [7, 11) is -3.34. The van der Waals surface area contributed by atoms with Crippen LogP contribution in [-0.2, 0) is 21.3 Å². The molecule has 0 saturated carbocycles. The molecule has 0 unspecified atom stereocenters. The molecule has 12 nitrogen and oxygen atoms in total. The van der Waals surface area contributed by atoms with Crippen molar-refractivity contribution in [1.82, 2.24) is 14.8 Å². The molecule has 14 heteroatoms. The lowest BCUT2D eigenvalue weighted by Gasteiger charge is -2.32. The molecule has 2 saturated heterocycles. The fourth-order valence-electron chi connectivity index (χ4n) is 5.84. The zero-order valence-electron chi connectivity index (χ0n) is 27.6. The van der Waals surface area contributed by atoms with Crippen molar-refractivity contribution in [1.29, 1.82) is 0 Å². The molecule has 2 aliphatic heterocycles. The lowest BCUT2D eigenvalue weighted by molar-refractivity contribution is 0.0303. The van der Waals surface area contributed by atoms with E-state index in [4.69, 9.17) is 21.1 Å². The number of carbonyl (C=O) groups is 2. The van der Waals surface area contributed by atoms with Gasteiger partial charge in [0.05, 0.1) is 30.1 Å². The van der Waals surface area contributed by atoms with Crippen LogP contribution < -0.4 is 20.1 Å². The first-order valence-corrected chi connectivity index (χ1v) is 18.6. The molecule has 2 aliphatic rings. The second-order valence-electron chi connectivity index (χ2n) is 12.3. The number of likely N-dealkylation sites (tertiary alicyclic amines) is 1. The Morgan fingerprint density at radius 1 is 0.900 bits per heavy atom. The number of aromatic nitrogens is 1. The third kappa shape index (κ3) is 9.72. The summed E-state index contributed by atoms with van der Waals surface area (Å²) < 4.78 is 36.3. The average Bonchev–Trinajstić information content (AvgIpc) is 3.11. The fraction of sp³-hybridized carbons (Fsp3) is 0.306. The monoisotopic (exact) mass is 718 g/mol. The van der Waals surface area contributed by atoms with Gasteiger partial charge in [0.25, 0.3) is 11.8 Å². The van der Waals surface area contributed by atoms with Gasteiger partial charge in [-0.3, -0.25) is 19.2 Å². The summed E-state index contributed by atoms with van der Waals surface area (Å²) in [5, 5.41) is 6.82. The number of nitrogens with zero attached hydrogens (tertiary/aromatic N) is 3. The van der Waals surface area contributed by atoms with Crippen LogP contribution in [0, 0.1) is 0 Å². The van der Waals surface area contributed by atoms with Crippen molar-refractivity contribution < 1.29 is 27.5 Å². The molecule has 0 aliphatic carbocycles. The highest BCUT2D eigenvalue weighted by Gasteiger charge is 2.22. The maximum atomic E-state index is 13.0. The largest absolute Gasteiger partial charge is 0.439 e. The van der Waals surface area contributed by atoms with Gasteiger partial charge in [-0.2, -0.15) is 0 Å². The number of hydrogen-bond acceptors (Lipinski definition) is 9. The molecule has 1 aromatic heterocycles. The summed E-state index contributed by atoms with van der Waals surface area (Å²) in [5.41, 5.74) is 3.86. The molecule has 0 bridgehead atoms. The summed E-state index contributed by atoms with van der Waals surface area (Å²) in [6.45, 7) is 4.64. The Bertz CT molecular complexity index is 1900. The number of anilines is 3. The van der Waals surface area contributed by atoms with E-state index in [1.807, 2.05) is 30.5 Å². The number of halogens is 1. The van der Waals surface area contributed by atoms with E-state index in [1.54, 1.807) is 59.5 Å². The van der Waals surface area contributed by atoms with Gasteiger partial charge in [-0.25, -0.2) is 13.4 Å². The minimum atomic E-state index is -3.34. The van der Waals surface area contributed by atoms with Crippen LogP contribution in [0.4, 0.5) is 17.1 Å². The van der Waals surface area contributed by atoms with Crippen LogP contribution in [0.25, 0.3) is 0 Å². The Morgan fingerprint density at radius 2 is 1.58 bits per heavy atom. The topological polar surface area (TPSA) is 142 Å². The number of ether oxygens (including phenoxy) is 2. The minimum Gasteiger partial charge on any atom is -0.439 e. The van der Waals surface area contributed by atoms with Crippen LogP contribution in [0.3, 0.4) is 0 Å². The van der Waals surface area contributed by atoms with Crippen molar-refractivity contribution in [2.75, 3.05) is 61.0 Å². The van der Waals surface area contributed by atoms with Gasteiger partial charge in [0.2, 0.25) is 15.9 Å². The first-order chi connectivity index (χ1) is 24.1. The van der Waals surface area contributed by atoms with Gasteiger partial charge in [-0.1, -0.05) is 17.7 Å². The summed E-state index contributed by atoms with van der Waals surface area (Å²) in [6, 6.07) is 23.1. The van der Waals surface area contributed by atoms with Crippen molar-refractivity contribution in [3.8, 4) is 11.6 Å². The van der Waals surface area contributed by atoms with Crippen LogP contribution in [0.2, 0.25) is 5.02 Å². The molecule has 262 valence electrons. The quantitative estimate of drug-likeness (QED) is 0.178.